The summed E-state index contributed by atoms with van der Waals surface area (Å²) < 4.78 is 0. The monoisotopic (exact) mass is 236 g/mol. The Morgan fingerprint density at radius 1 is 0.412 bits per heavy atom. The highest BCUT2D eigenvalue weighted by Crippen LogP contribution is 2.33. The first-order chi connectivity index (χ1) is 8.45. The summed E-state index contributed by atoms with van der Waals surface area (Å²) >= 11 is 0. The first-order valence-corrected chi connectivity index (χ1v) is 8.45. The van der Waals surface area contributed by atoms with Crippen LogP contribution in [0.3, 0.4) is 0 Å². The molecule has 100 valence electrons. The zero-order chi connectivity index (χ0) is 11.8. The predicted molar refractivity (Wildman–Crippen MR) is 76.2 cm³/mol. The molecule has 0 bridgehead atoms. The molecule has 2 fully saturated rings. The lowest BCUT2D eigenvalue weighted by Gasteiger charge is -2.26. The summed E-state index contributed by atoms with van der Waals surface area (Å²) in [6.07, 6.45) is 23.0. The number of hydrogen-bond acceptors (Lipinski definition) is 0. The van der Waals surface area contributed by atoms with Crippen molar-refractivity contribution < 1.29 is 0 Å². The Morgan fingerprint density at radius 2 is 0.706 bits per heavy atom. The van der Waals surface area contributed by atoms with E-state index in [4.69, 9.17) is 0 Å². The van der Waals surface area contributed by atoms with Crippen LogP contribution in [0.2, 0.25) is 0 Å². The normalized spacial score (nSPS) is 26.8. The minimum atomic E-state index is 1.10. The lowest BCUT2D eigenvalue weighted by Crippen LogP contribution is -2.12. The summed E-state index contributed by atoms with van der Waals surface area (Å²) in [4.78, 5) is 0. The second kappa shape index (κ2) is 8.16. The van der Waals surface area contributed by atoms with Crippen LogP contribution in [0, 0.1) is 11.8 Å². The van der Waals surface area contributed by atoms with Crippen molar-refractivity contribution in [3.8, 4) is 0 Å². The van der Waals surface area contributed by atoms with Crippen molar-refractivity contribution in [1.29, 1.82) is 0 Å². The van der Waals surface area contributed by atoms with Crippen LogP contribution < -0.4 is 0 Å². The van der Waals surface area contributed by atoms with E-state index in [0.717, 1.165) is 11.8 Å². The van der Waals surface area contributed by atoms with E-state index < -0.39 is 0 Å². The molecule has 0 radical (unpaired) electrons. The molecule has 0 heteroatoms. The Kier molecular flexibility index (Phi) is 6.45. The Balaban J connectivity index is 1.72. The molecule has 0 heterocycles. The van der Waals surface area contributed by atoms with E-state index in [1.54, 1.807) is 32.1 Å². The second-order valence-electron chi connectivity index (χ2n) is 6.66. The van der Waals surface area contributed by atoms with Crippen molar-refractivity contribution in [2.45, 2.75) is 96.3 Å². The van der Waals surface area contributed by atoms with Crippen LogP contribution in [-0.4, -0.2) is 0 Å². The van der Waals surface area contributed by atoms with Gasteiger partial charge in [0.2, 0.25) is 0 Å². The van der Waals surface area contributed by atoms with Gasteiger partial charge in [-0.25, -0.2) is 0 Å². The van der Waals surface area contributed by atoms with Crippen LogP contribution in [0.1, 0.15) is 96.3 Å². The third-order valence-corrected chi connectivity index (χ3v) is 5.12. The van der Waals surface area contributed by atoms with Crippen molar-refractivity contribution in [2.24, 2.45) is 11.8 Å². The molecular weight excluding hydrogens is 204 g/mol. The van der Waals surface area contributed by atoms with Crippen molar-refractivity contribution in [3.63, 3.8) is 0 Å². The zero-order valence-electron chi connectivity index (χ0n) is 11.8. The molecule has 2 aliphatic rings. The maximum Gasteiger partial charge on any atom is -0.0412 e. The third-order valence-electron chi connectivity index (χ3n) is 5.12. The average Bonchev–Trinajstić information content (AvgIpc) is 2.24. The van der Waals surface area contributed by atoms with E-state index in [9.17, 15) is 0 Å². The van der Waals surface area contributed by atoms with Crippen molar-refractivity contribution in [3.05, 3.63) is 0 Å². The maximum absolute atomic E-state index is 1.58. The van der Waals surface area contributed by atoms with Gasteiger partial charge in [-0.15, -0.1) is 0 Å². The molecule has 0 spiro atoms. The van der Waals surface area contributed by atoms with Crippen LogP contribution in [0.15, 0.2) is 0 Å². The van der Waals surface area contributed by atoms with E-state index in [2.05, 4.69) is 0 Å². The van der Waals surface area contributed by atoms with Gasteiger partial charge in [-0.05, 0) is 18.3 Å². The molecule has 0 aliphatic heterocycles. The van der Waals surface area contributed by atoms with E-state index in [1.807, 2.05) is 0 Å². The van der Waals surface area contributed by atoms with Crippen LogP contribution in [0.5, 0.6) is 0 Å². The first-order valence-electron chi connectivity index (χ1n) is 8.45. The number of hydrogen-bond donors (Lipinski definition) is 0. The minimum absolute atomic E-state index is 1.10. The molecule has 0 saturated heterocycles. The Bertz CT molecular complexity index is 148. The summed E-state index contributed by atoms with van der Waals surface area (Å²) in [6.45, 7) is 0. The van der Waals surface area contributed by atoms with Crippen LogP contribution >= 0.6 is 0 Å². The zero-order valence-corrected chi connectivity index (χ0v) is 11.8. The molecule has 0 aromatic carbocycles. The largest absolute Gasteiger partial charge is 0.0533 e. The molecule has 2 rings (SSSR count). The highest BCUT2D eigenvalue weighted by atomic mass is 14.2. The Labute approximate surface area is 109 Å². The summed E-state index contributed by atoms with van der Waals surface area (Å²) in [5, 5.41) is 0. The fraction of sp³-hybridized carbons (Fsp3) is 1.00. The van der Waals surface area contributed by atoms with Crippen LogP contribution in [-0.2, 0) is 0 Å². The first kappa shape index (κ1) is 13.4. The highest BCUT2D eigenvalue weighted by molar-refractivity contribution is 4.71. The van der Waals surface area contributed by atoms with E-state index in [1.165, 1.54) is 64.2 Å². The maximum atomic E-state index is 1.58. The lowest BCUT2D eigenvalue weighted by atomic mass is 9.80. The van der Waals surface area contributed by atoms with Crippen molar-refractivity contribution in [1.82, 2.24) is 0 Å². The standard InChI is InChI=1S/C17H32/c1-3-7-11-16(12-8-4-1)15-17-13-9-5-2-6-10-14-17/h16-17H,1-15H2. The fourth-order valence-electron chi connectivity index (χ4n) is 4.02. The van der Waals surface area contributed by atoms with E-state index >= 15 is 0 Å². The van der Waals surface area contributed by atoms with Gasteiger partial charge in [-0.3, -0.25) is 0 Å². The molecule has 0 aromatic heterocycles. The Hall–Kier alpha value is 0. The van der Waals surface area contributed by atoms with Gasteiger partial charge >= 0.3 is 0 Å². The smallest absolute Gasteiger partial charge is 0.0412 e. The van der Waals surface area contributed by atoms with Gasteiger partial charge in [0.05, 0.1) is 0 Å². The van der Waals surface area contributed by atoms with Crippen molar-refractivity contribution >= 4 is 0 Å². The van der Waals surface area contributed by atoms with Gasteiger partial charge in [-0.2, -0.15) is 0 Å². The summed E-state index contributed by atoms with van der Waals surface area (Å²) in [5.74, 6) is 2.19. The minimum Gasteiger partial charge on any atom is -0.0533 e. The van der Waals surface area contributed by atoms with Crippen LogP contribution in [0.4, 0.5) is 0 Å². The summed E-state index contributed by atoms with van der Waals surface area (Å²) in [7, 11) is 0. The van der Waals surface area contributed by atoms with Gasteiger partial charge in [0.1, 0.15) is 0 Å². The molecule has 0 atom stereocenters. The quantitative estimate of drug-likeness (QED) is 0.543. The van der Waals surface area contributed by atoms with Gasteiger partial charge in [0, 0.05) is 0 Å². The SMILES string of the molecule is C1CCCC(CC2CCCCCCC2)CCC1. The van der Waals surface area contributed by atoms with Gasteiger partial charge < -0.3 is 0 Å². The molecule has 0 unspecified atom stereocenters. The highest BCUT2D eigenvalue weighted by Gasteiger charge is 2.18. The predicted octanol–water partition coefficient (Wildman–Crippen LogP) is 6.10. The van der Waals surface area contributed by atoms with Gasteiger partial charge in [0.25, 0.3) is 0 Å². The number of rotatable bonds is 2. The van der Waals surface area contributed by atoms with Crippen LogP contribution in [0.25, 0.3) is 0 Å². The van der Waals surface area contributed by atoms with Gasteiger partial charge in [-0.1, -0.05) is 89.9 Å². The average molecular weight is 236 g/mol. The molecule has 0 amide bonds. The summed E-state index contributed by atoms with van der Waals surface area (Å²) in [5.41, 5.74) is 0. The van der Waals surface area contributed by atoms with Gasteiger partial charge in [0.15, 0.2) is 0 Å². The van der Waals surface area contributed by atoms with E-state index in [-0.39, 0.29) is 0 Å². The molecular formula is C17H32. The lowest BCUT2D eigenvalue weighted by molar-refractivity contribution is 0.266. The molecule has 0 N–H and O–H groups in total. The summed E-state index contributed by atoms with van der Waals surface area (Å²) in [6, 6.07) is 0. The molecule has 0 aromatic rings. The molecule has 2 saturated carbocycles. The fourth-order valence-corrected chi connectivity index (χ4v) is 4.02. The topological polar surface area (TPSA) is 0 Å². The molecule has 0 nitrogen and oxygen atoms in total. The second-order valence-corrected chi connectivity index (χ2v) is 6.66. The van der Waals surface area contributed by atoms with Crippen molar-refractivity contribution in [2.75, 3.05) is 0 Å². The molecule has 17 heavy (non-hydrogen) atoms. The third kappa shape index (κ3) is 5.44. The van der Waals surface area contributed by atoms with E-state index in [0.29, 0.717) is 0 Å². The Morgan fingerprint density at radius 3 is 1.06 bits per heavy atom. The molecule has 2 aliphatic carbocycles.